The first-order valence-corrected chi connectivity index (χ1v) is 20.4. The number of benzene rings is 2. The number of carbonyl (C=O) groups excluding carboxylic acids is 4. The number of alkyl carbamates (subject to hydrolysis) is 1. The van der Waals surface area contributed by atoms with Crippen LogP contribution in [0.4, 0.5) is 4.79 Å². The Morgan fingerprint density at radius 2 is 1.74 bits per heavy atom. The van der Waals surface area contributed by atoms with Crippen LogP contribution >= 0.6 is 0 Å². The number of aryl methyl sites for hydroxylation is 1. The predicted octanol–water partition coefficient (Wildman–Crippen LogP) is 4.05. The second kappa shape index (κ2) is 13.7. The van der Waals surface area contributed by atoms with Gasteiger partial charge in [-0.05, 0) is 115 Å². The minimum Gasteiger partial charge on any atom is -0.496 e. The Hall–Kier alpha value is -3.91. The number of carbonyl (C=O) groups is 4. The Labute approximate surface area is 311 Å². The van der Waals surface area contributed by atoms with E-state index < -0.39 is 67.7 Å². The topological polar surface area (TPSA) is 169 Å². The molecule has 5 aliphatic rings. The molecule has 0 aromatic heterocycles. The van der Waals surface area contributed by atoms with Gasteiger partial charge in [0.15, 0.2) is 0 Å². The Bertz CT molecular complexity index is 1920. The molecule has 5 atom stereocenters. The second-order valence-electron chi connectivity index (χ2n) is 16.8. The summed E-state index contributed by atoms with van der Waals surface area (Å²) in [6, 6.07) is 7.89. The number of fused-ring (bicyclic) bond motifs is 5. The number of sulfonamides is 1. The lowest BCUT2D eigenvalue weighted by Gasteiger charge is -2.36. The van der Waals surface area contributed by atoms with Crippen LogP contribution in [0.1, 0.15) is 89.7 Å². The van der Waals surface area contributed by atoms with Crippen molar-refractivity contribution in [2.24, 2.45) is 17.3 Å². The van der Waals surface area contributed by atoms with Crippen LogP contribution < -0.4 is 20.1 Å². The van der Waals surface area contributed by atoms with Crippen LogP contribution in [0, 0.1) is 17.3 Å². The molecule has 14 heteroatoms. The first kappa shape index (κ1) is 37.4. The van der Waals surface area contributed by atoms with Gasteiger partial charge in [0.05, 0.1) is 25.5 Å². The van der Waals surface area contributed by atoms with Gasteiger partial charge in [0, 0.05) is 13.5 Å². The van der Waals surface area contributed by atoms with Gasteiger partial charge in [0.2, 0.25) is 21.8 Å². The number of nitrogens with one attached hydrogen (secondary N) is 3. The quantitative estimate of drug-likeness (QED) is 0.360. The highest BCUT2D eigenvalue weighted by Crippen LogP contribution is 2.57. The summed E-state index contributed by atoms with van der Waals surface area (Å²) in [6.45, 7) is 5.65. The standard InChI is InChI=1S/C39H52N4O9S/c1-37(2,3)32-34(45)43-22-38(51-5,21-30(43)33(44)41-39(20-29(39)23-10-11-23)35(46)42-53(48,49)28-14-15-28)27-13-12-24-19-31(50-4)25(17-26(24)18-27)9-7-6-8-16-52-36(47)40-32/h12-13,17-19,23,28-30,32H,6-11,14-16,20-22H2,1-5H3,(H,40,47)(H,41,44)(H,42,46)/t29-,30-,32+,38-,39+/m0/s1. The molecule has 288 valence electrons. The first-order chi connectivity index (χ1) is 25.1. The van der Waals surface area contributed by atoms with E-state index in [0.29, 0.717) is 25.7 Å². The van der Waals surface area contributed by atoms with Gasteiger partial charge in [-0.25, -0.2) is 13.2 Å². The maximum absolute atomic E-state index is 14.8. The van der Waals surface area contributed by atoms with Crippen LogP contribution in [0.2, 0.25) is 0 Å². The van der Waals surface area contributed by atoms with Crippen molar-refractivity contribution < 1.29 is 41.8 Å². The summed E-state index contributed by atoms with van der Waals surface area (Å²) < 4.78 is 45.6. The smallest absolute Gasteiger partial charge is 0.407 e. The molecule has 3 aliphatic carbocycles. The third-order valence-electron chi connectivity index (χ3n) is 11.9. The van der Waals surface area contributed by atoms with Gasteiger partial charge in [0.25, 0.3) is 5.91 Å². The van der Waals surface area contributed by atoms with E-state index in [1.807, 2.05) is 45.0 Å². The van der Waals surface area contributed by atoms with Crippen molar-refractivity contribution in [2.45, 2.75) is 113 Å². The lowest BCUT2D eigenvalue weighted by Crippen LogP contribution is -2.60. The third kappa shape index (κ3) is 7.33. The minimum absolute atomic E-state index is 0.0143. The van der Waals surface area contributed by atoms with Crippen LogP contribution in [0.5, 0.6) is 5.75 Å². The molecule has 2 aromatic rings. The number of hydrogen-bond donors (Lipinski definition) is 3. The molecule has 2 aliphatic heterocycles. The lowest BCUT2D eigenvalue weighted by molar-refractivity contribution is -0.143. The fourth-order valence-corrected chi connectivity index (χ4v) is 9.71. The molecule has 3 N–H and O–H groups in total. The number of hydrogen-bond acceptors (Lipinski definition) is 9. The maximum Gasteiger partial charge on any atom is 0.407 e. The van der Waals surface area contributed by atoms with Gasteiger partial charge in [-0.1, -0.05) is 32.9 Å². The Kier molecular flexibility index (Phi) is 9.70. The fourth-order valence-electron chi connectivity index (χ4n) is 8.34. The summed E-state index contributed by atoms with van der Waals surface area (Å²) in [4.78, 5) is 57.8. The molecule has 2 heterocycles. The van der Waals surface area contributed by atoms with Crippen LogP contribution in [-0.4, -0.2) is 87.4 Å². The molecule has 53 heavy (non-hydrogen) atoms. The zero-order valence-electron chi connectivity index (χ0n) is 31.3. The highest BCUT2D eigenvalue weighted by molar-refractivity contribution is 7.91. The van der Waals surface area contributed by atoms with Crippen LogP contribution in [0.15, 0.2) is 30.3 Å². The number of rotatable bonds is 8. The molecule has 5 bridgehead atoms. The van der Waals surface area contributed by atoms with Gasteiger partial charge < -0.3 is 29.7 Å². The Morgan fingerprint density at radius 3 is 2.40 bits per heavy atom. The highest BCUT2D eigenvalue weighted by atomic mass is 32.2. The van der Waals surface area contributed by atoms with Crippen LogP contribution in [-0.2, 0) is 45.9 Å². The monoisotopic (exact) mass is 752 g/mol. The van der Waals surface area contributed by atoms with Crippen molar-refractivity contribution in [3.05, 3.63) is 41.5 Å². The van der Waals surface area contributed by atoms with Gasteiger partial charge in [-0.15, -0.1) is 0 Å². The zero-order chi connectivity index (χ0) is 37.9. The van der Waals surface area contributed by atoms with Crippen molar-refractivity contribution in [1.82, 2.24) is 20.3 Å². The van der Waals surface area contributed by atoms with E-state index in [1.54, 1.807) is 14.2 Å². The summed E-state index contributed by atoms with van der Waals surface area (Å²) in [5.74, 6) is -1.00. The number of nitrogens with zero attached hydrogens (tertiary/aromatic N) is 1. The van der Waals surface area contributed by atoms with Crippen molar-refractivity contribution in [1.29, 1.82) is 0 Å². The van der Waals surface area contributed by atoms with Gasteiger partial charge in [-0.3, -0.25) is 19.1 Å². The van der Waals surface area contributed by atoms with Crippen molar-refractivity contribution >= 4 is 44.6 Å². The molecular weight excluding hydrogens is 701 g/mol. The molecule has 1 saturated heterocycles. The van der Waals surface area contributed by atoms with E-state index in [4.69, 9.17) is 14.2 Å². The van der Waals surface area contributed by atoms with Gasteiger partial charge >= 0.3 is 6.09 Å². The summed E-state index contributed by atoms with van der Waals surface area (Å²) in [6.07, 6.45) is 5.52. The summed E-state index contributed by atoms with van der Waals surface area (Å²) in [5, 5.41) is 7.09. The number of ether oxygens (including phenoxy) is 3. The van der Waals surface area contributed by atoms with E-state index in [9.17, 15) is 27.6 Å². The van der Waals surface area contributed by atoms with Crippen molar-refractivity contribution in [2.75, 3.05) is 27.4 Å². The third-order valence-corrected chi connectivity index (χ3v) is 13.7. The highest BCUT2D eigenvalue weighted by Gasteiger charge is 2.67. The molecule has 4 fully saturated rings. The SMILES string of the molecule is COc1cc2ccc3cc2cc1CCCCCOC(=O)N[C@@H](C(C)(C)C)C(=O)N1C[C@@]3(OC)C[C@H]1C(=O)N[C@]1(C(=O)NS(=O)(=O)C2CC2)C[C@H]1C1CC1. The largest absolute Gasteiger partial charge is 0.496 e. The van der Waals surface area contributed by atoms with E-state index in [-0.39, 0.29) is 31.4 Å². The Balaban J connectivity index is 1.28. The van der Waals surface area contributed by atoms with Crippen molar-refractivity contribution in [3.63, 3.8) is 0 Å². The molecular formula is C39H52N4O9S. The molecule has 2 aromatic carbocycles. The van der Waals surface area contributed by atoms with Crippen LogP contribution in [0.25, 0.3) is 10.8 Å². The molecule has 13 nitrogen and oxygen atoms in total. The molecule has 4 amide bonds. The number of methoxy groups -OCH3 is 2. The molecule has 0 radical (unpaired) electrons. The first-order valence-electron chi connectivity index (χ1n) is 18.9. The number of cyclic esters (lactones) is 1. The maximum atomic E-state index is 14.8. The van der Waals surface area contributed by atoms with Crippen LogP contribution in [0.3, 0.4) is 0 Å². The van der Waals surface area contributed by atoms with E-state index in [1.165, 1.54) is 4.90 Å². The Morgan fingerprint density at radius 1 is 0.981 bits per heavy atom. The molecule has 0 spiro atoms. The summed E-state index contributed by atoms with van der Waals surface area (Å²) in [5.41, 5.74) is -1.50. The lowest BCUT2D eigenvalue weighted by atomic mass is 9.85. The summed E-state index contributed by atoms with van der Waals surface area (Å²) >= 11 is 0. The molecule has 3 saturated carbocycles. The van der Waals surface area contributed by atoms with Gasteiger partial charge in [-0.2, -0.15) is 0 Å². The summed E-state index contributed by atoms with van der Waals surface area (Å²) in [7, 11) is -0.657. The van der Waals surface area contributed by atoms with E-state index in [2.05, 4.69) is 21.4 Å². The van der Waals surface area contributed by atoms with E-state index in [0.717, 1.165) is 59.8 Å². The normalized spacial score (nSPS) is 29.6. The average molecular weight is 753 g/mol. The molecule has 0 unspecified atom stereocenters. The fraction of sp³-hybridized carbons (Fsp3) is 0.641. The molecule has 7 rings (SSSR count). The van der Waals surface area contributed by atoms with Gasteiger partial charge in [0.1, 0.15) is 29.0 Å². The van der Waals surface area contributed by atoms with E-state index >= 15 is 0 Å². The second-order valence-corrected chi connectivity index (χ2v) is 18.7. The zero-order valence-corrected chi connectivity index (χ0v) is 32.1. The predicted molar refractivity (Wildman–Crippen MR) is 196 cm³/mol. The minimum atomic E-state index is -3.86. The average Bonchev–Trinajstić information content (AvgIpc) is 3.98. The van der Waals surface area contributed by atoms with Crippen molar-refractivity contribution in [3.8, 4) is 5.75 Å². The number of amides is 4.